The van der Waals surface area contributed by atoms with Crippen molar-refractivity contribution in [1.29, 1.82) is 0 Å². The summed E-state index contributed by atoms with van der Waals surface area (Å²) in [7, 11) is 0. The maximum absolute atomic E-state index is 12.8. The van der Waals surface area contributed by atoms with E-state index in [0.717, 1.165) is 38.8 Å². The summed E-state index contributed by atoms with van der Waals surface area (Å²) >= 11 is 0. The van der Waals surface area contributed by atoms with E-state index < -0.39 is 0 Å². The molecule has 1 amide bonds. The molecule has 4 heteroatoms. The minimum Gasteiger partial charge on any atom is -0.494 e. The zero-order valence-electron chi connectivity index (χ0n) is 12.3. The van der Waals surface area contributed by atoms with Crippen molar-refractivity contribution in [2.45, 2.75) is 32.1 Å². The van der Waals surface area contributed by atoms with Gasteiger partial charge in [-0.25, -0.2) is 4.39 Å². The molecule has 0 N–H and O–H groups in total. The predicted molar refractivity (Wildman–Crippen MR) is 78.5 cm³/mol. The lowest BCUT2D eigenvalue weighted by atomic mass is 9.84. The molecule has 2 fully saturated rings. The molecule has 1 saturated carbocycles. The Morgan fingerprint density at radius 1 is 1.24 bits per heavy atom. The Labute approximate surface area is 125 Å². The number of amides is 1. The molecule has 0 aromatic heterocycles. The Kier molecular flexibility index (Phi) is 4.42. The zero-order valence-corrected chi connectivity index (χ0v) is 12.3. The smallest absolute Gasteiger partial charge is 0.225 e. The van der Waals surface area contributed by atoms with Crippen LogP contribution >= 0.6 is 0 Å². The summed E-state index contributed by atoms with van der Waals surface area (Å²) in [6.07, 6.45) is 5.39. The molecule has 1 aliphatic carbocycles. The van der Waals surface area contributed by atoms with Gasteiger partial charge in [0.05, 0.1) is 6.61 Å². The molecule has 1 aromatic rings. The van der Waals surface area contributed by atoms with Gasteiger partial charge in [-0.05, 0) is 55.9 Å². The van der Waals surface area contributed by atoms with E-state index in [-0.39, 0.29) is 5.82 Å². The number of carbonyl (C=O) groups excluding carboxylic acids is 1. The summed E-state index contributed by atoms with van der Waals surface area (Å²) in [5.41, 5.74) is 0. The van der Waals surface area contributed by atoms with Crippen molar-refractivity contribution in [3.8, 4) is 5.75 Å². The van der Waals surface area contributed by atoms with E-state index in [2.05, 4.69) is 0 Å². The second-order valence-corrected chi connectivity index (χ2v) is 6.16. The maximum Gasteiger partial charge on any atom is 0.225 e. The summed E-state index contributed by atoms with van der Waals surface area (Å²) < 4.78 is 18.4. The number of likely N-dealkylation sites (tertiary alicyclic amines) is 1. The van der Waals surface area contributed by atoms with E-state index in [4.69, 9.17) is 4.74 Å². The SMILES string of the molecule is O=C(C1CCC1)N1CCC(CCOc2ccc(F)cc2)C1. The van der Waals surface area contributed by atoms with Gasteiger partial charge in [-0.15, -0.1) is 0 Å². The number of ether oxygens (including phenoxy) is 1. The van der Waals surface area contributed by atoms with Crippen LogP contribution in [0.2, 0.25) is 0 Å². The van der Waals surface area contributed by atoms with Crippen LogP contribution < -0.4 is 4.74 Å². The van der Waals surface area contributed by atoms with Crippen molar-refractivity contribution in [1.82, 2.24) is 4.90 Å². The second kappa shape index (κ2) is 6.46. The van der Waals surface area contributed by atoms with Gasteiger partial charge in [0, 0.05) is 19.0 Å². The number of hydrogen-bond acceptors (Lipinski definition) is 2. The van der Waals surface area contributed by atoms with Gasteiger partial charge in [0.25, 0.3) is 0 Å². The molecule has 1 atom stereocenters. The number of halogens is 1. The average molecular weight is 291 g/mol. The van der Waals surface area contributed by atoms with Crippen molar-refractivity contribution in [3.05, 3.63) is 30.1 Å². The molecule has 0 radical (unpaired) electrons. The molecule has 1 unspecified atom stereocenters. The first-order chi connectivity index (χ1) is 10.2. The summed E-state index contributed by atoms with van der Waals surface area (Å²) in [4.78, 5) is 14.2. The van der Waals surface area contributed by atoms with Crippen molar-refractivity contribution in [2.24, 2.45) is 11.8 Å². The molecule has 0 spiro atoms. The van der Waals surface area contributed by atoms with Gasteiger partial charge in [-0.2, -0.15) is 0 Å². The lowest BCUT2D eigenvalue weighted by molar-refractivity contribution is -0.137. The van der Waals surface area contributed by atoms with Gasteiger partial charge >= 0.3 is 0 Å². The Bertz CT molecular complexity index is 484. The number of hydrogen-bond donors (Lipinski definition) is 0. The van der Waals surface area contributed by atoms with Crippen LogP contribution in [0.25, 0.3) is 0 Å². The van der Waals surface area contributed by atoms with E-state index in [0.29, 0.717) is 30.1 Å². The molecule has 1 saturated heterocycles. The van der Waals surface area contributed by atoms with Crippen LogP contribution in [0.3, 0.4) is 0 Å². The third-order valence-electron chi connectivity index (χ3n) is 4.66. The summed E-state index contributed by atoms with van der Waals surface area (Å²) in [6.45, 7) is 2.40. The normalized spacial score (nSPS) is 22.1. The Hall–Kier alpha value is -1.58. The minimum atomic E-state index is -0.247. The van der Waals surface area contributed by atoms with Gasteiger partial charge in [-0.1, -0.05) is 6.42 Å². The van der Waals surface area contributed by atoms with Crippen LogP contribution in [0.5, 0.6) is 5.75 Å². The highest BCUT2D eigenvalue weighted by atomic mass is 19.1. The quantitative estimate of drug-likeness (QED) is 0.833. The van der Waals surface area contributed by atoms with Gasteiger partial charge in [0.1, 0.15) is 11.6 Å². The van der Waals surface area contributed by atoms with Gasteiger partial charge < -0.3 is 9.64 Å². The van der Waals surface area contributed by atoms with E-state index in [1.54, 1.807) is 12.1 Å². The van der Waals surface area contributed by atoms with E-state index in [1.807, 2.05) is 4.90 Å². The topological polar surface area (TPSA) is 29.5 Å². The average Bonchev–Trinajstić information content (AvgIpc) is 2.88. The summed E-state index contributed by atoms with van der Waals surface area (Å²) in [6, 6.07) is 6.11. The lowest BCUT2D eigenvalue weighted by Gasteiger charge is -2.29. The summed E-state index contributed by atoms with van der Waals surface area (Å²) in [5, 5.41) is 0. The molecule has 1 heterocycles. The first kappa shape index (κ1) is 14.4. The van der Waals surface area contributed by atoms with E-state index >= 15 is 0 Å². The highest BCUT2D eigenvalue weighted by Gasteiger charge is 2.33. The molecular weight excluding hydrogens is 269 g/mol. The fourth-order valence-electron chi connectivity index (χ4n) is 3.06. The molecule has 3 nitrogen and oxygen atoms in total. The van der Waals surface area contributed by atoms with Crippen LogP contribution in [0.1, 0.15) is 32.1 Å². The molecular formula is C17H22FNO2. The van der Waals surface area contributed by atoms with Crippen molar-refractivity contribution in [2.75, 3.05) is 19.7 Å². The van der Waals surface area contributed by atoms with E-state index in [1.165, 1.54) is 18.6 Å². The maximum atomic E-state index is 12.8. The van der Waals surface area contributed by atoms with Crippen LogP contribution in [-0.4, -0.2) is 30.5 Å². The van der Waals surface area contributed by atoms with Gasteiger partial charge in [-0.3, -0.25) is 4.79 Å². The first-order valence-electron chi connectivity index (χ1n) is 7.89. The fraction of sp³-hybridized carbons (Fsp3) is 0.588. The Morgan fingerprint density at radius 2 is 2.00 bits per heavy atom. The highest BCUT2D eigenvalue weighted by molar-refractivity contribution is 5.79. The monoisotopic (exact) mass is 291 g/mol. The zero-order chi connectivity index (χ0) is 14.7. The second-order valence-electron chi connectivity index (χ2n) is 6.16. The van der Waals surface area contributed by atoms with Crippen molar-refractivity contribution in [3.63, 3.8) is 0 Å². The number of nitrogens with zero attached hydrogens (tertiary/aromatic N) is 1. The highest BCUT2D eigenvalue weighted by Crippen LogP contribution is 2.31. The van der Waals surface area contributed by atoms with E-state index in [9.17, 15) is 9.18 Å². The number of carbonyl (C=O) groups is 1. The minimum absolute atomic E-state index is 0.247. The Morgan fingerprint density at radius 3 is 2.67 bits per heavy atom. The van der Waals surface area contributed by atoms with Gasteiger partial charge in [0.15, 0.2) is 0 Å². The third-order valence-corrected chi connectivity index (χ3v) is 4.66. The van der Waals surface area contributed by atoms with Gasteiger partial charge in [0.2, 0.25) is 5.91 Å². The van der Waals surface area contributed by atoms with Crippen LogP contribution in [0, 0.1) is 17.7 Å². The predicted octanol–water partition coefficient (Wildman–Crippen LogP) is 3.24. The van der Waals surface area contributed by atoms with Crippen LogP contribution in [-0.2, 0) is 4.79 Å². The Balaban J connectivity index is 1.38. The standard InChI is InChI=1S/C17H22FNO2/c18-15-4-6-16(7-5-15)21-11-9-13-8-10-19(12-13)17(20)14-2-1-3-14/h4-7,13-14H,1-3,8-12H2. The van der Waals surface area contributed by atoms with Crippen molar-refractivity contribution < 1.29 is 13.9 Å². The number of benzene rings is 1. The first-order valence-corrected chi connectivity index (χ1v) is 7.89. The van der Waals surface area contributed by atoms with Crippen LogP contribution in [0.4, 0.5) is 4.39 Å². The summed E-state index contributed by atoms with van der Waals surface area (Å²) in [5.74, 6) is 1.66. The third kappa shape index (κ3) is 3.55. The molecule has 21 heavy (non-hydrogen) atoms. The molecule has 0 bridgehead atoms. The molecule has 3 rings (SSSR count). The fourth-order valence-corrected chi connectivity index (χ4v) is 3.06. The molecule has 2 aliphatic rings. The lowest BCUT2D eigenvalue weighted by Crippen LogP contribution is -2.37. The number of rotatable bonds is 5. The molecule has 114 valence electrons. The van der Waals surface area contributed by atoms with Crippen LogP contribution in [0.15, 0.2) is 24.3 Å². The van der Waals surface area contributed by atoms with Crippen molar-refractivity contribution >= 4 is 5.91 Å². The molecule has 1 aromatic carbocycles. The molecule has 1 aliphatic heterocycles. The largest absolute Gasteiger partial charge is 0.494 e.